The maximum atomic E-state index is 12.8. The first-order chi connectivity index (χ1) is 16.9. The molecular formula is C24H27BrN4O4S2. The lowest BCUT2D eigenvalue weighted by atomic mass is 9.95. The van der Waals surface area contributed by atoms with Gasteiger partial charge in [0.05, 0.1) is 18.4 Å². The summed E-state index contributed by atoms with van der Waals surface area (Å²) < 4.78 is 13.9. The van der Waals surface area contributed by atoms with Gasteiger partial charge in [0.2, 0.25) is 5.91 Å². The number of halogens is 1. The molecule has 8 nitrogen and oxygen atoms in total. The van der Waals surface area contributed by atoms with Crippen LogP contribution in [-0.4, -0.2) is 39.5 Å². The minimum Gasteiger partial charge on any atom is -0.483 e. The van der Waals surface area contributed by atoms with Crippen LogP contribution in [0.5, 0.6) is 5.75 Å². The summed E-state index contributed by atoms with van der Waals surface area (Å²) in [5.74, 6) is 0.966. The van der Waals surface area contributed by atoms with Gasteiger partial charge in [-0.1, -0.05) is 27.7 Å². The van der Waals surface area contributed by atoms with E-state index in [0.29, 0.717) is 28.1 Å². The number of amides is 1. The number of hydrogen-bond donors (Lipinski definition) is 1. The highest BCUT2D eigenvalue weighted by atomic mass is 79.9. The molecule has 1 N–H and O–H groups in total. The first kappa shape index (κ1) is 25.7. The molecule has 1 amide bonds. The normalized spacial score (nSPS) is 13.7. The highest BCUT2D eigenvalue weighted by Crippen LogP contribution is 2.38. The van der Waals surface area contributed by atoms with Crippen molar-refractivity contribution in [2.75, 3.05) is 18.2 Å². The van der Waals surface area contributed by atoms with Gasteiger partial charge in [-0.2, -0.15) is 0 Å². The van der Waals surface area contributed by atoms with E-state index < -0.39 is 5.97 Å². The molecule has 1 aromatic carbocycles. The number of rotatable bonds is 9. The number of nitrogens with one attached hydrogen (secondary N) is 1. The second-order valence-corrected chi connectivity index (χ2v) is 11.0. The number of methoxy groups -OCH3 is 1. The fraction of sp³-hybridized carbons (Fsp3) is 0.417. The Labute approximate surface area is 220 Å². The number of benzene rings is 1. The lowest BCUT2D eigenvalue weighted by Crippen LogP contribution is -2.17. The van der Waals surface area contributed by atoms with E-state index >= 15 is 0 Å². The van der Waals surface area contributed by atoms with Crippen molar-refractivity contribution >= 4 is 55.9 Å². The van der Waals surface area contributed by atoms with E-state index in [1.807, 2.05) is 42.7 Å². The maximum Gasteiger partial charge on any atom is 0.341 e. The first-order valence-electron chi connectivity index (χ1n) is 11.4. The maximum absolute atomic E-state index is 12.8. The Morgan fingerprint density at radius 1 is 1.23 bits per heavy atom. The summed E-state index contributed by atoms with van der Waals surface area (Å²) in [7, 11) is 1.37. The van der Waals surface area contributed by atoms with Gasteiger partial charge in [0, 0.05) is 15.9 Å². The van der Waals surface area contributed by atoms with Crippen LogP contribution < -0.4 is 10.1 Å². The number of thiophene rings is 1. The number of nitrogens with zero attached hydrogens (tertiary/aromatic N) is 3. The Morgan fingerprint density at radius 2 is 1.97 bits per heavy atom. The molecule has 1 atom stereocenters. The summed E-state index contributed by atoms with van der Waals surface area (Å²) in [5.41, 5.74) is 1.52. The molecule has 3 aromatic rings. The van der Waals surface area contributed by atoms with E-state index in [-0.39, 0.29) is 17.8 Å². The third-order valence-corrected chi connectivity index (χ3v) is 8.40. The van der Waals surface area contributed by atoms with Crippen molar-refractivity contribution in [1.29, 1.82) is 0 Å². The van der Waals surface area contributed by atoms with Gasteiger partial charge in [0.1, 0.15) is 10.8 Å². The molecule has 35 heavy (non-hydrogen) atoms. The van der Waals surface area contributed by atoms with Gasteiger partial charge < -0.3 is 19.4 Å². The number of ether oxygens (including phenoxy) is 2. The van der Waals surface area contributed by atoms with E-state index in [2.05, 4.69) is 31.4 Å². The number of esters is 1. The van der Waals surface area contributed by atoms with Crippen molar-refractivity contribution in [3.8, 4) is 5.75 Å². The van der Waals surface area contributed by atoms with Crippen molar-refractivity contribution in [2.24, 2.45) is 0 Å². The van der Waals surface area contributed by atoms with Gasteiger partial charge in [-0.15, -0.1) is 21.5 Å². The zero-order chi connectivity index (χ0) is 24.9. The molecule has 0 radical (unpaired) electrons. The first-order valence-corrected chi connectivity index (χ1v) is 14.0. The summed E-state index contributed by atoms with van der Waals surface area (Å²) in [5, 5.41) is 12.8. The van der Waals surface area contributed by atoms with Crippen LogP contribution in [-0.2, 0) is 28.9 Å². The molecule has 0 saturated heterocycles. The van der Waals surface area contributed by atoms with Gasteiger partial charge in [0.25, 0.3) is 0 Å². The lowest BCUT2D eigenvalue weighted by molar-refractivity contribution is -0.113. The van der Waals surface area contributed by atoms with Crippen molar-refractivity contribution in [1.82, 2.24) is 14.8 Å². The van der Waals surface area contributed by atoms with Crippen molar-refractivity contribution in [2.45, 2.75) is 57.3 Å². The highest BCUT2D eigenvalue weighted by Gasteiger charge is 2.27. The van der Waals surface area contributed by atoms with Gasteiger partial charge in [-0.05, 0) is 69.4 Å². The Bertz CT molecular complexity index is 1210. The van der Waals surface area contributed by atoms with Crippen LogP contribution >= 0.6 is 39.0 Å². The van der Waals surface area contributed by atoms with E-state index in [4.69, 9.17) is 9.47 Å². The molecule has 0 bridgehead atoms. The van der Waals surface area contributed by atoms with Crippen LogP contribution in [0.2, 0.25) is 0 Å². The number of carbonyl (C=O) groups is 2. The second-order valence-electron chi connectivity index (χ2n) is 8.04. The van der Waals surface area contributed by atoms with Crippen LogP contribution in [0.3, 0.4) is 0 Å². The molecule has 1 unspecified atom stereocenters. The highest BCUT2D eigenvalue weighted by molar-refractivity contribution is 9.10. The molecule has 11 heteroatoms. The van der Waals surface area contributed by atoms with Crippen molar-refractivity contribution < 1.29 is 19.1 Å². The second kappa shape index (κ2) is 11.6. The molecule has 4 rings (SSSR count). The van der Waals surface area contributed by atoms with Gasteiger partial charge in [0.15, 0.2) is 17.1 Å². The number of fused-ring (bicyclic) bond motifs is 1. The lowest BCUT2D eigenvalue weighted by Gasteiger charge is -2.15. The predicted molar refractivity (Wildman–Crippen MR) is 141 cm³/mol. The number of aromatic nitrogens is 3. The Balaban J connectivity index is 1.42. The van der Waals surface area contributed by atoms with Gasteiger partial charge in [-0.25, -0.2) is 4.79 Å². The largest absolute Gasteiger partial charge is 0.483 e. The minimum atomic E-state index is -0.400. The Morgan fingerprint density at radius 3 is 2.69 bits per heavy atom. The SMILES string of the molecule is CCn1c(SCC(=O)Nc2sc3c(c2C(=O)OC)CCCC3)nnc1C(C)Oc1ccc(Br)cc1. The summed E-state index contributed by atoms with van der Waals surface area (Å²) in [6.07, 6.45) is 3.58. The zero-order valence-electron chi connectivity index (χ0n) is 19.8. The van der Waals surface area contributed by atoms with Crippen LogP contribution in [0.15, 0.2) is 33.9 Å². The number of thioether (sulfide) groups is 1. The Hall–Kier alpha value is -2.37. The molecule has 0 aliphatic heterocycles. The van der Waals surface area contributed by atoms with Crippen LogP contribution in [0.4, 0.5) is 5.00 Å². The molecule has 0 fully saturated rings. The Kier molecular flexibility index (Phi) is 8.51. The molecule has 1 aliphatic rings. The molecule has 186 valence electrons. The summed E-state index contributed by atoms with van der Waals surface area (Å²) in [4.78, 5) is 26.4. The average molecular weight is 580 g/mol. The third kappa shape index (κ3) is 5.90. The van der Waals surface area contributed by atoms with Gasteiger partial charge >= 0.3 is 5.97 Å². The van der Waals surface area contributed by atoms with E-state index in [9.17, 15) is 9.59 Å². The average Bonchev–Trinajstić information content (AvgIpc) is 3.44. The van der Waals surface area contributed by atoms with Crippen LogP contribution in [0.25, 0.3) is 0 Å². The monoisotopic (exact) mass is 578 g/mol. The molecular weight excluding hydrogens is 552 g/mol. The standard InChI is InChI=1S/C24H27BrN4O4S2/c1-4-29-21(14(2)33-16-11-9-15(25)10-12-16)27-28-24(29)34-13-19(30)26-22-20(23(31)32-3)17-7-5-6-8-18(17)35-22/h9-12,14H,4-8,13H2,1-3H3,(H,26,30). The number of anilines is 1. The van der Waals surface area contributed by atoms with Gasteiger partial charge in [-0.3, -0.25) is 4.79 Å². The number of hydrogen-bond acceptors (Lipinski definition) is 8. The van der Waals surface area contributed by atoms with E-state index in [0.717, 1.165) is 46.3 Å². The smallest absolute Gasteiger partial charge is 0.341 e. The summed E-state index contributed by atoms with van der Waals surface area (Å²) >= 11 is 6.20. The fourth-order valence-electron chi connectivity index (χ4n) is 4.04. The fourth-order valence-corrected chi connectivity index (χ4v) is 6.41. The quantitative estimate of drug-likeness (QED) is 0.258. The topological polar surface area (TPSA) is 95.3 Å². The molecule has 0 saturated carbocycles. The molecule has 0 spiro atoms. The van der Waals surface area contributed by atoms with Crippen molar-refractivity contribution in [3.05, 3.63) is 50.6 Å². The van der Waals surface area contributed by atoms with Crippen LogP contribution in [0.1, 0.15) is 59.4 Å². The van der Waals surface area contributed by atoms with E-state index in [1.54, 1.807) is 0 Å². The third-order valence-electron chi connectivity index (χ3n) is 5.70. The number of carbonyl (C=O) groups excluding carboxylic acids is 2. The van der Waals surface area contributed by atoms with Crippen LogP contribution in [0, 0.1) is 0 Å². The van der Waals surface area contributed by atoms with Crippen molar-refractivity contribution in [3.63, 3.8) is 0 Å². The molecule has 2 aromatic heterocycles. The summed E-state index contributed by atoms with van der Waals surface area (Å²) in [6.45, 7) is 4.57. The summed E-state index contributed by atoms with van der Waals surface area (Å²) in [6, 6.07) is 7.61. The minimum absolute atomic E-state index is 0.142. The number of aryl methyl sites for hydroxylation is 1. The predicted octanol–water partition coefficient (Wildman–Crippen LogP) is 5.66. The van der Waals surface area contributed by atoms with E-state index in [1.165, 1.54) is 30.2 Å². The molecule has 2 heterocycles. The molecule has 1 aliphatic carbocycles. The zero-order valence-corrected chi connectivity index (χ0v) is 23.0.